The minimum absolute atomic E-state index is 0.122. The van der Waals surface area contributed by atoms with Crippen molar-refractivity contribution < 1.29 is 9.53 Å². The lowest BCUT2D eigenvalue weighted by Gasteiger charge is -2.07. The minimum Gasteiger partial charge on any atom is -0.492 e. The highest BCUT2D eigenvalue weighted by molar-refractivity contribution is 7.15. The highest BCUT2D eigenvalue weighted by Crippen LogP contribution is 2.27. The van der Waals surface area contributed by atoms with Crippen molar-refractivity contribution in [1.82, 2.24) is 10.2 Å². The van der Waals surface area contributed by atoms with Gasteiger partial charge in [0.2, 0.25) is 11.0 Å². The van der Waals surface area contributed by atoms with E-state index in [-0.39, 0.29) is 5.91 Å². The van der Waals surface area contributed by atoms with Crippen LogP contribution < -0.4 is 10.1 Å². The summed E-state index contributed by atoms with van der Waals surface area (Å²) >= 11 is 13.3. The fraction of sp³-hybridized carbons (Fsp3) is 0.211. The predicted octanol–water partition coefficient (Wildman–Crippen LogP) is 5.23. The van der Waals surface area contributed by atoms with E-state index in [9.17, 15) is 4.79 Å². The Morgan fingerprint density at radius 2 is 1.93 bits per heavy atom. The third-order valence-electron chi connectivity index (χ3n) is 3.61. The lowest BCUT2D eigenvalue weighted by atomic mass is 10.2. The largest absolute Gasteiger partial charge is 0.492 e. The van der Waals surface area contributed by atoms with E-state index in [0.29, 0.717) is 46.8 Å². The molecule has 1 amide bonds. The fourth-order valence-corrected chi connectivity index (χ4v) is 3.59. The number of carbonyl (C=O) groups excluding carboxylic acids is 1. The third kappa shape index (κ3) is 6.20. The summed E-state index contributed by atoms with van der Waals surface area (Å²) < 4.78 is 5.57. The number of carbonyl (C=O) groups is 1. The van der Waals surface area contributed by atoms with Gasteiger partial charge in [-0.25, -0.2) is 0 Å². The van der Waals surface area contributed by atoms with Gasteiger partial charge in [0.25, 0.3) is 0 Å². The second kappa shape index (κ2) is 9.69. The normalized spacial score (nSPS) is 10.6. The lowest BCUT2D eigenvalue weighted by molar-refractivity contribution is -0.116. The van der Waals surface area contributed by atoms with Crippen LogP contribution in [0.1, 0.15) is 23.4 Å². The molecule has 3 aromatic rings. The Morgan fingerprint density at radius 1 is 1.11 bits per heavy atom. The molecule has 0 atom stereocenters. The molecule has 0 fully saturated rings. The predicted molar refractivity (Wildman–Crippen MR) is 109 cm³/mol. The topological polar surface area (TPSA) is 64.1 Å². The zero-order chi connectivity index (χ0) is 19.1. The first kappa shape index (κ1) is 19.6. The summed E-state index contributed by atoms with van der Waals surface area (Å²) in [5.41, 5.74) is 1.16. The number of hydrogen-bond acceptors (Lipinski definition) is 5. The van der Waals surface area contributed by atoms with E-state index in [1.165, 1.54) is 11.3 Å². The number of hydrogen-bond donors (Lipinski definition) is 1. The zero-order valence-electron chi connectivity index (χ0n) is 14.3. The van der Waals surface area contributed by atoms with Gasteiger partial charge in [-0.2, -0.15) is 0 Å². The Kier molecular flexibility index (Phi) is 7.04. The summed E-state index contributed by atoms with van der Waals surface area (Å²) in [6, 6.07) is 15.0. The SMILES string of the molecule is O=C(CCCOc1ccc(Cl)cc1Cl)Nc1nnc(Cc2ccccc2)s1. The molecule has 0 bridgehead atoms. The summed E-state index contributed by atoms with van der Waals surface area (Å²) in [4.78, 5) is 12.0. The first-order valence-electron chi connectivity index (χ1n) is 8.34. The monoisotopic (exact) mass is 421 g/mol. The second-order valence-corrected chi connectivity index (χ2v) is 7.64. The van der Waals surface area contributed by atoms with E-state index in [2.05, 4.69) is 15.5 Å². The van der Waals surface area contributed by atoms with Crippen LogP contribution in [0.4, 0.5) is 5.13 Å². The molecular formula is C19H17Cl2N3O2S. The number of benzene rings is 2. The molecule has 0 aliphatic rings. The van der Waals surface area contributed by atoms with E-state index in [0.717, 1.165) is 10.6 Å². The molecular weight excluding hydrogens is 405 g/mol. The summed E-state index contributed by atoms with van der Waals surface area (Å²) in [6.45, 7) is 0.379. The lowest BCUT2D eigenvalue weighted by Crippen LogP contribution is -2.12. The average Bonchev–Trinajstić information content (AvgIpc) is 3.08. The molecule has 140 valence electrons. The molecule has 3 rings (SSSR count). The summed E-state index contributed by atoms with van der Waals surface area (Å²) in [5.74, 6) is 0.430. The van der Waals surface area contributed by atoms with Gasteiger partial charge < -0.3 is 10.1 Å². The van der Waals surface area contributed by atoms with Crippen molar-refractivity contribution in [2.24, 2.45) is 0 Å². The molecule has 27 heavy (non-hydrogen) atoms. The van der Waals surface area contributed by atoms with Crippen LogP contribution in [0.5, 0.6) is 5.75 Å². The van der Waals surface area contributed by atoms with Crippen LogP contribution >= 0.6 is 34.5 Å². The number of ether oxygens (including phenoxy) is 1. The van der Waals surface area contributed by atoms with Gasteiger partial charge in [0.15, 0.2) is 0 Å². The maximum absolute atomic E-state index is 12.0. The summed E-state index contributed by atoms with van der Waals surface area (Å²) in [5, 5.41) is 13.3. The van der Waals surface area contributed by atoms with Gasteiger partial charge in [-0.05, 0) is 30.2 Å². The average molecular weight is 422 g/mol. The molecule has 1 aromatic heterocycles. The molecule has 8 heteroatoms. The maximum atomic E-state index is 12.0. The molecule has 0 radical (unpaired) electrons. The van der Waals surface area contributed by atoms with Gasteiger partial charge in [-0.3, -0.25) is 4.79 Å². The minimum atomic E-state index is -0.122. The Hall–Kier alpha value is -2.15. The number of rotatable bonds is 8. The van der Waals surface area contributed by atoms with E-state index in [4.69, 9.17) is 27.9 Å². The standard InChI is InChI=1S/C19H17Cl2N3O2S/c20-14-8-9-16(15(21)12-14)26-10-4-7-17(25)22-19-24-23-18(27-19)11-13-5-2-1-3-6-13/h1-3,5-6,8-9,12H,4,7,10-11H2,(H,22,24,25). The van der Waals surface area contributed by atoms with Gasteiger partial charge in [-0.15, -0.1) is 10.2 Å². The molecule has 0 spiro atoms. The maximum Gasteiger partial charge on any atom is 0.226 e. The van der Waals surface area contributed by atoms with Crippen molar-refractivity contribution in [3.05, 3.63) is 69.1 Å². The van der Waals surface area contributed by atoms with Crippen LogP contribution in [-0.2, 0) is 11.2 Å². The molecule has 5 nitrogen and oxygen atoms in total. The Labute approximate surface area is 171 Å². The fourth-order valence-electron chi connectivity index (χ4n) is 2.33. The van der Waals surface area contributed by atoms with Gasteiger partial charge in [0.05, 0.1) is 11.6 Å². The Balaban J connectivity index is 1.40. The van der Waals surface area contributed by atoms with Gasteiger partial charge >= 0.3 is 0 Å². The van der Waals surface area contributed by atoms with Crippen molar-refractivity contribution in [2.75, 3.05) is 11.9 Å². The van der Waals surface area contributed by atoms with Crippen molar-refractivity contribution in [1.29, 1.82) is 0 Å². The van der Waals surface area contributed by atoms with Gasteiger partial charge in [0, 0.05) is 17.9 Å². The number of anilines is 1. The zero-order valence-corrected chi connectivity index (χ0v) is 16.7. The van der Waals surface area contributed by atoms with E-state index < -0.39 is 0 Å². The molecule has 1 heterocycles. The van der Waals surface area contributed by atoms with Crippen molar-refractivity contribution in [3.63, 3.8) is 0 Å². The highest BCUT2D eigenvalue weighted by atomic mass is 35.5. The summed E-state index contributed by atoms with van der Waals surface area (Å²) in [7, 11) is 0. The number of aromatic nitrogens is 2. The van der Waals surface area contributed by atoms with Crippen molar-refractivity contribution in [3.8, 4) is 5.75 Å². The van der Waals surface area contributed by atoms with Gasteiger partial charge in [0.1, 0.15) is 10.8 Å². The first-order valence-corrected chi connectivity index (χ1v) is 9.91. The summed E-state index contributed by atoms with van der Waals surface area (Å²) in [6.07, 6.45) is 1.57. The molecule has 0 saturated heterocycles. The first-order chi connectivity index (χ1) is 13.1. The number of nitrogens with one attached hydrogen (secondary N) is 1. The van der Waals surface area contributed by atoms with E-state index in [1.54, 1.807) is 18.2 Å². The number of halogens is 2. The Bertz CT molecular complexity index is 903. The number of amides is 1. The Morgan fingerprint density at radius 3 is 2.70 bits per heavy atom. The van der Waals surface area contributed by atoms with E-state index >= 15 is 0 Å². The molecule has 0 aliphatic carbocycles. The molecule has 0 aliphatic heterocycles. The van der Waals surface area contributed by atoms with Crippen LogP contribution in [0.2, 0.25) is 10.0 Å². The molecule has 1 N–H and O–H groups in total. The third-order valence-corrected chi connectivity index (χ3v) is 4.98. The molecule has 2 aromatic carbocycles. The second-order valence-electron chi connectivity index (χ2n) is 5.74. The van der Waals surface area contributed by atoms with Gasteiger partial charge in [-0.1, -0.05) is 64.9 Å². The number of nitrogens with zero attached hydrogens (tertiary/aromatic N) is 2. The quantitative estimate of drug-likeness (QED) is 0.505. The molecule has 0 saturated carbocycles. The molecule has 0 unspecified atom stereocenters. The van der Waals surface area contributed by atoms with Crippen LogP contribution in [-0.4, -0.2) is 22.7 Å². The van der Waals surface area contributed by atoms with E-state index in [1.807, 2.05) is 30.3 Å². The van der Waals surface area contributed by atoms with Crippen LogP contribution in [0.25, 0.3) is 0 Å². The van der Waals surface area contributed by atoms with Crippen LogP contribution in [0.15, 0.2) is 48.5 Å². The van der Waals surface area contributed by atoms with Crippen LogP contribution in [0, 0.1) is 0 Å². The van der Waals surface area contributed by atoms with Crippen molar-refractivity contribution >= 4 is 45.6 Å². The smallest absolute Gasteiger partial charge is 0.226 e. The van der Waals surface area contributed by atoms with Crippen LogP contribution in [0.3, 0.4) is 0 Å². The highest BCUT2D eigenvalue weighted by Gasteiger charge is 2.09. The van der Waals surface area contributed by atoms with Crippen molar-refractivity contribution in [2.45, 2.75) is 19.3 Å².